The summed E-state index contributed by atoms with van der Waals surface area (Å²) in [5.41, 5.74) is 4.32. The van der Waals surface area contributed by atoms with Crippen LogP contribution in [0, 0.1) is 0 Å². The molecule has 1 saturated heterocycles. The van der Waals surface area contributed by atoms with Gasteiger partial charge in [0.15, 0.2) is 0 Å². The summed E-state index contributed by atoms with van der Waals surface area (Å²) < 4.78 is 10.6. The Morgan fingerprint density at radius 2 is 1.50 bits per heavy atom. The monoisotopic (exact) mass is 409 g/mol. The van der Waals surface area contributed by atoms with E-state index in [1.165, 1.54) is 0 Å². The first-order valence-corrected chi connectivity index (χ1v) is 10.1. The molecule has 0 saturated carbocycles. The van der Waals surface area contributed by atoms with Gasteiger partial charge < -0.3 is 14.6 Å². The molecule has 156 valence electrons. The number of likely N-dealkylation sites (tertiary alicyclic amines) is 1. The number of benzene rings is 2. The van der Waals surface area contributed by atoms with Gasteiger partial charge in [-0.1, -0.05) is 48.5 Å². The van der Waals surface area contributed by atoms with E-state index in [2.05, 4.69) is 0 Å². The Balaban J connectivity index is 1.55. The van der Waals surface area contributed by atoms with Crippen molar-refractivity contribution in [1.29, 1.82) is 0 Å². The molecule has 0 bridgehead atoms. The van der Waals surface area contributed by atoms with Crippen molar-refractivity contribution in [2.24, 2.45) is 0 Å². The minimum Gasteiger partial charge on any atom is -0.480 e. The van der Waals surface area contributed by atoms with E-state index in [4.69, 9.17) is 9.47 Å². The Morgan fingerprint density at radius 3 is 2.07 bits per heavy atom. The number of hydrogen-bond donors (Lipinski definition) is 1. The molecule has 0 unspecified atom stereocenters. The molecular formula is C23H23NO6. The SMILES string of the molecule is CCOC(=O)[C@@H]1CC[C@@H](C(=O)O)N1C(=O)OCC1c2ccccc2-c2ccccc21. The zero-order valence-electron chi connectivity index (χ0n) is 16.6. The van der Waals surface area contributed by atoms with E-state index in [0.717, 1.165) is 27.2 Å². The molecule has 30 heavy (non-hydrogen) atoms. The normalized spacial score (nSPS) is 19.8. The molecule has 1 aliphatic carbocycles. The maximum absolute atomic E-state index is 12.9. The average molecular weight is 409 g/mol. The first-order valence-electron chi connectivity index (χ1n) is 10.1. The second-order valence-electron chi connectivity index (χ2n) is 7.41. The van der Waals surface area contributed by atoms with E-state index in [-0.39, 0.29) is 32.0 Å². The first kappa shape index (κ1) is 19.9. The Morgan fingerprint density at radius 1 is 0.933 bits per heavy atom. The number of carbonyl (C=O) groups is 3. The molecule has 1 N–H and O–H groups in total. The van der Waals surface area contributed by atoms with Crippen molar-refractivity contribution >= 4 is 18.0 Å². The highest BCUT2D eigenvalue weighted by atomic mass is 16.6. The summed E-state index contributed by atoms with van der Waals surface area (Å²) >= 11 is 0. The van der Waals surface area contributed by atoms with Crippen molar-refractivity contribution in [1.82, 2.24) is 4.90 Å². The molecule has 2 aliphatic rings. The van der Waals surface area contributed by atoms with Crippen LogP contribution in [0.1, 0.15) is 36.8 Å². The van der Waals surface area contributed by atoms with E-state index < -0.39 is 30.1 Å². The lowest BCUT2D eigenvalue weighted by Gasteiger charge is -2.27. The van der Waals surface area contributed by atoms with Crippen LogP contribution in [0.5, 0.6) is 0 Å². The molecule has 1 heterocycles. The van der Waals surface area contributed by atoms with Gasteiger partial charge in [-0.3, -0.25) is 4.90 Å². The molecule has 1 amide bonds. The van der Waals surface area contributed by atoms with E-state index >= 15 is 0 Å². The molecule has 4 rings (SSSR count). The van der Waals surface area contributed by atoms with Crippen molar-refractivity contribution in [3.8, 4) is 11.1 Å². The summed E-state index contributed by atoms with van der Waals surface area (Å²) in [7, 11) is 0. The highest BCUT2D eigenvalue weighted by Gasteiger charge is 2.46. The summed E-state index contributed by atoms with van der Waals surface area (Å²) in [6.07, 6.45) is -0.386. The fourth-order valence-corrected chi connectivity index (χ4v) is 4.45. The quantitative estimate of drug-likeness (QED) is 0.761. The van der Waals surface area contributed by atoms with Crippen LogP contribution in [0.25, 0.3) is 11.1 Å². The van der Waals surface area contributed by atoms with Crippen LogP contribution in [0.2, 0.25) is 0 Å². The summed E-state index contributed by atoms with van der Waals surface area (Å²) in [6.45, 7) is 1.88. The van der Waals surface area contributed by atoms with E-state index in [1.54, 1.807) is 6.92 Å². The maximum atomic E-state index is 12.9. The Labute approximate surface area is 174 Å². The number of aliphatic carboxylic acids is 1. The molecule has 7 heteroatoms. The topological polar surface area (TPSA) is 93.1 Å². The van der Waals surface area contributed by atoms with Crippen LogP contribution in [0.4, 0.5) is 4.79 Å². The van der Waals surface area contributed by atoms with E-state index in [0.29, 0.717) is 0 Å². The molecular weight excluding hydrogens is 386 g/mol. The van der Waals surface area contributed by atoms with Gasteiger partial charge in [0, 0.05) is 5.92 Å². The van der Waals surface area contributed by atoms with Gasteiger partial charge in [-0.05, 0) is 42.0 Å². The maximum Gasteiger partial charge on any atom is 0.411 e. The highest BCUT2D eigenvalue weighted by Crippen LogP contribution is 2.44. The van der Waals surface area contributed by atoms with Crippen LogP contribution in [0.15, 0.2) is 48.5 Å². The minimum atomic E-state index is -1.16. The Kier molecular flexibility index (Phi) is 5.44. The number of nitrogens with zero attached hydrogens (tertiary/aromatic N) is 1. The second-order valence-corrected chi connectivity index (χ2v) is 7.41. The number of ether oxygens (including phenoxy) is 2. The largest absolute Gasteiger partial charge is 0.480 e. The van der Waals surface area contributed by atoms with Crippen LogP contribution >= 0.6 is 0 Å². The predicted octanol–water partition coefficient (Wildman–Crippen LogP) is 3.42. The Hall–Kier alpha value is -3.35. The lowest BCUT2D eigenvalue weighted by Crippen LogP contribution is -2.48. The molecule has 2 aromatic carbocycles. The number of rotatable bonds is 5. The van der Waals surface area contributed by atoms with Crippen LogP contribution < -0.4 is 0 Å². The standard InChI is InChI=1S/C23H23NO6/c1-2-29-22(27)20-12-11-19(21(25)26)24(20)23(28)30-13-18-16-9-5-3-7-14(16)15-8-4-6-10-17(15)18/h3-10,18-20H,2,11-13H2,1H3,(H,25,26)/t19-,20-/m0/s1. The molecule has 0 radical (unpaired) electrons. The van der Waals surface area contributed by atoms with Crippen molar-refractivity contribution in [2.75, 3.05) is 13.2 Å². The van der Waals surface area contributed by atoms with Gasteiger partial charge in [0.05, 0.1) is 6.61 Å². The Bertz CT molecular complexity index is 942. The van der Waals surface area contributed by atoms with Gasteiger partial charge in [0.2, 0.25) is 0 Å². The second kappa shape index (κ2) is 8.18. The zero-order valence-corrected chi connectivity index (χ0v) is 16.6. The number of fused-ring (bicyclic) bond motifs is 3. The third-order valence-corrected chi connectivity index (χ3v) is 5.78. The first-order chi connectivity index (χ1) is 14.5. The number of amides is 1. The van der Waals surface area contributed by atoms with Crippen molar-refractivity contribution < 1.29 is 29.0 Å². The number of esters is 1. The van der Waals surface area contributed by atoms with Gasteiger partial charge in [0.25, 0.3) is 0 Å². The highest BCUT2D eigenvalue weighted by molar-refractivity contribution is 5.87. The molecule has 7 nitrogen and oxygen atoms in total. The molecule has 1 fully saturated rings. The van der Waals surface area contributed by atoms with Crippen LogP contribution in [-0.2, 0) is 19.1 Å². The van der Waals surface area contributed by atoms with Gasteiger partial charge >= 0.3 is 18.0 Å². The van der Waals surface area contributed by atoms with Crippen molar-refractivity contribution in [2.45, 2.75) is 37.8 Å². The number of carboxylic acid groups (broad SMARTS) is 1. The summed E-state index contributed by atoms with van der Waals surface area (Å²) in [5.74, 6) is -1.90. The minimum absolute atomic E-state index is 0.0608. The predicted molar refractivity (Wildman–Crippen MR) is 108 cm³/mol. The fraction of sp³-hybridized carbons (Fsp3) is 0.348. The third kappa shape index (κ3) is 3.40. The third-order valence-electron chi connectivity index (χ3n) is 5.78. The summed E-state index contributed by atoms with van der Waals surface area (Å²) in [4.78, 5) is 37.8. The van der Waals surface area contributed by atoms with Gasteiger partial charge in [-0.2, -0.15) is 0 Å². The van der Waals surface area contributed by atoms with Gasteiger partial charge in [-0.25, -0.2) is 14.4 Å². The van der Waals surface area contributed by atoms with Crippen LogP contribution in [0.3, 0.4) is 0 Å². The van der Waals surface area contributed by atoms with Gasteiger partial charge in [-0.15, -0.1) is 0 Å². The smallest absolute Gasteiger partial charge is 0.411 e. The molecule has 2 aromatic rings. The lowest BCUT2D eigenvalue weighted by atomic mass is 9.98. The molecule has 1 aliphatic heterocycles. The van der Waals surface area contributed by atoms with Crippen molar-refractivity contribution in [3.63, 3.8) is 0 Å². The van der Waals surface area contributed by atoms with E-state index in [1.807, 2.05) is 48.5 Å². The molecule has 0 aromatic heterocycles. The number of hydrogen-bond acceptors (Lipinski definition) is 5. The molecule has 2 atom stereocenters. The number of carboxylic acids is 1. The fourth-order valence-electron chi connectivity index (χ4n) is 4.45. The average Bonchev–Trinajstić information content (AvgIpc) is 3.33. The van der Waals surface area contributed by atoms with E-state index in [9.17, 15) is 19.5 Å². The van der Waals surface area contributed by atoms with Crippen LogP contribution in [-0.4, -0.2) is 53.3 Å². The zero-order chi connectivity index (χ0) is 21.3. The van der Waals surface area contributed by atoms with Gasteiger partial charge in [0.1, 0.15) is 18.7 Å². The summed E-state index contributed by atoms with van der Waals surface area (Å²) in [6, 6.07) is 13.9. The molecule has 0 spiro atoms. The number of carbonyl (C=O) groups excluding carboxylic acids is 2. The summed E-state index contributed by atoms with van der Waals surface area (Å²) in [5, 5.41) is 9.50. The lowest BCUT2D eigenvalue weighted by molar-refractivity contribution is -0.150. The van der Waals surface area contributed by atoms with Crippen molar-refractivity contribution in [3.05, 3.63) is 59.7 Å².